The van der Waals surface area contributed by atoms with E-state index in [0.29, 0.717) is 13.1 Å². The molecule has 2 rings (SSSR count). The van der Waals surface area contributed by atoms with Crippen LogP contribution in [0.15, 0.2) is 24.3 Å². The first-order chi connectivity index (χ1) is 10.0. The topological polar surface area (TPSA) is 75.9 Å². The molecule has 0 aliphatic carbocycles. The second-order valence-corrected chi connectivity index (χ2v) is 5.06. The van der Waals surface area contributed by atoms with Crippen molar-refractivity contribution in [3.8, 4) is 5.75 Å². The molecule has 6 heteroatoms. The third-order valence-corrected chi connectivity index (χ3v) is 3.70. The van der Waals surface area contributed by atoms with Crippen molar-refractivity contribution >= 4 is 11.8 Å². The number of carbonyl (C=O) groups is 2. The molecular weight excluding hydrogens is 270 g/mol. The third-order valence-electron chi connectivity index (χ3n) is 3.70. The van der Waals surface area contributed by atoms with Crippen molar-refractivity contribution < 1.29 is 14.3 Å². The molecule has 6 nitrogen and oxygen atoms in total. The molecule has 1 fully saturated rings. The van der Waals surface area contributed by atoms with Gasteiger partial charge in [0.1, 0.15) is 5.75 Å². The smallest absolute Gasteiger partial charge is 0.242 e. The molecule has 1 atom stereocenters. The molecule has 1 saturated heterocycles. The Labute approximate surface area is 124 Å². The summed E-state index contributed by atoms with van der Waals surface area (Å²) in [5.74, 6) is 0.674. The van der Waals surface area contributed by atoms with E-state index in [0.717, 1.165) is 11.3 Å². The summed E-state index contributed by atoms with van der Waals surface area (Å²) in [6.45, 7) is 3.02. The minimum atomic E-state index is -0.319. The Morgan fingerprint density at radius 3 is 2.29 bits per heavy atom. The van der Waals surface area contributed by atoms with Gasteiger partial charge in [0, 0.05) is 19.1 Å². The van der Waals surface area contributed by atoms with E-state index in [4.69, 9.17) is 10.5 Å². The Hall–Kier alpha value is -2.08. The van der Waals surface area contributed by atoms with E-state index in [1.807, 2.05) is 31.2 Å². The molecule has 1 aliphatic rings. The van der Waals surface area contributed by atoms with Crippen molar-refractivity contribution in [1.29, 1.82) is 0 Å². The van der Waals surface area contributed by atoms with Crippen LogP contribution in [-0.2, 0) is 9.59 Å². The van der Waals surface area contributed by atoms with Gasteiger partial charge >= 0.3 is 0 Å². The number of methoxy groups -OCH3 is 1. The lowest BCUT2D eigenvalue weighted by Crippen LogP contribution is -2.54. The Kier molecular flexibility index (Phi) is 4.80. The van der Waals surface area contributed by atoms with Crippen LogP contribution in [0.3, 0.4) is 0 Å². The molecule has 114 valence electrons. The summed E-state index contributed by atoms with van der Waals surface area (Å²) in [5, 5.41) is 0. The van der Waals surface area contributed by atoms with Crippen molar-refractivity contribution in [2.24, 2.45) is 5.73 Å². The maximum Gasteiger partial charge on any atom is 0.242 e. The van der Waals surface area contributed by atoms with Gasteiger partial charge in [-0.1, -0.05) is 12.1 Å². The summed E-state index contributed by atoms with van der Waals surface area (Å²) in [5.41, 5.74) is 7.04. The predicted octanol–water partition coefficient (Wildman–Crippen LogP) is 0.386. The zero-order valence-electron chi connectivity index (χ0n) is 12.4. The first-order valence-corrected chi connectivity index (χ1v) is 7.00. The highest BCUT2D eigenvalue weighted by Gasteiger charge is 2.29. The van der Waals surface area contributed by atoms with Crippen LogP contribution < -0.4 is 10.5 Å². The fourth-order valence-corrected chi connectivity index (χ4v) is 2.35. The number of piperazine rings is 1. The zero-order valence-corrected chi connectivity index (χ0v) is 12.4. The predicted molar refractivity (Wildman–Crippen MR) is 78.8 cm³/mol. The number of nitrogens with zero attached hydrogens (tertiary/aromatic N) is 2. The molecule has 0 radical (unpaired) electrons. The number of carbonyl (C=O) groups excluding carboxylic acids is 2. The summed E-state index contributed by atoms with van der Waals surface area (Å²) >= 11 is 0. The van der Waals surface area contributed by atoms with Crippen LogP contribution in [0.1, 0.15) is 18.5 Å². The fraction of sp³-hybridized carbons (Fsp3) is 0.467. The van der Waals surface area contributed by atoms with Crippen LogP contribution in [0.2, 0.25) is 0 Å². The Bertz CT molecular complexity index is 515. The summed E-state index contributed by atoms with van der Waals surface area (Å²) < 4.78 is 5.10. The molecule has 0 aromatic heterocycles. The second kappa shape index (κ2) is 6.58. The van der Waals surface area contributed by atoms with Gasteiger partial charge in [-0.15, -0.1) is 0 Å². The average molecular weight is 291 g/mol. The first-order valence-electron chi connectivity index (χ1n) is 7.00. The quantitative estimate of drug-likeness (QED) is 0.851. The van der Waals surface area contributed by atoms with E-state index >= 15 is 0 Å². The third kappa shape index (κ3) is 3.52. The Balaban J connectivity index is 2.00. The number of benzene rings is 1. The number of hydrogen-bond acceptors (Lipinski definition) is 4. The number of hydrogen-bond donors (Lipinski definition) is 1. The van der Waals surface area contributed by atoms with Gasteiger partial charge in [-0.2, -0.15) is 0 Å². The minimum Gasteiger partial charge on any atom is -0.497 e. The van der Waals surface area contributed by atoms with Gasteiger partial charge in [0.25, 0.3) is 0 Å². The van der Waals surface area contributed by atoms with Gasteiger partial charge < -0.3 is 20.3 Å². The SMILES string of the molecule is CCN1CC(=O)N(CC(N)c2ccc(OC)cc2)CC1=O. The van der Waals surface area contributed by atoms with Gasteiger partial charge in [0.2, 0.25) is 11.8 Å². The van der Waals surface area contributed by atoms with Crippen molar-refractivity contribution in [2.45, 2.75) is 13.0 Å². The highest BCUT2D eigenvalue weighted by atomic mass is 16.5. The van der Waals surface area contributed by atoms with Crippen molar-refractivity contribution in [3.05, 3.63) is 29.8 Å². The molecule has 1 aliphatic heterocycles. The van der Waals surface area contributed by atoms with Gasteiger partial charge in [0.05, 0.1) is 20.2 Å². The van der Waals surface area contributed by atoms with E-state index in [1.54, 1.807) is 12.0 Å². The normalized spacial score (nSPS) is 17.1. The van der Waals surface area contributed by atoms with Crippen LogP contribution in [0, 0.1) is 0 Å². The molecule has 1 heterocycles. The summed E-state index contributed by atoms with van der Waals surface area (Å²) in [6, 6.07) is 7.09. The molecule has 1 unspecified atom stereocenters. The number of nitrogens with two attached hydrogens (primary N) is 1. The zero-order chi connectivity index (χ0) is 15.4. The lowest BCUT2D eigenvalue weighted by molar-refractivity contribution is -0.150. The number of amides is 2. The molecule has 2 N–H and O–H groups in total. The van der Waals surface area contributed by atoms with Gasteiger partial charge in [-0.25, -0.2) is 0 Å². The molecule has 1 aromatic rings. The highest BCUT2D eigenvalue weighted by molar-refractivity contribution is 5.92. The van der Waals surface area contributed by atoms with E-state index in [-0.39, 0.29) is 30.9 Å². The lowest BCUT2D eigenvalue weighted by Gasteiger charge is -2.34. The maximum atomic E-state index is 12.0. The minimum absolute atomic E-state index is 0.0287. The Morgan fingerprint density at radius 1 is 1.14 bits per heavy atom. The first kappa shape index (κ1) is 15.3. The standard InChI is InChI=1S/C15H21N3O3/c1-3-17-9-15(20)18(10-14(17)19)8-13(16)11-4-6-12(21-2)7-5-11/h4-7,13H,3,8-10,16H2,1-2H3. The van der Waals surface area contributed by atoms with Crippen molar-refractivity contribution in [2.75, 3.05) is 33.3 Å². The van der Waals surface area contributed by atoms with Crippen LogP contribution in [0.5, 0.6) is 5.75 Å². The molecule has 0 spiro atoms. The monoisotopic (exact) mass is 291 g/mol. The molecular formula is C15H21N3O3. The lowest BCUT2D eigenvalue weighted by atomic mass is 10.1. The average Bonchev–Trinajstić information content (AvgIpc) is 2.50. The van der Waals surface area contributed by atoms with Gasteiger partial charge in [-0.3, -0.25) is 9.59 Å². The van der Waals surface area contributed by atoms with E-state index < -0.39 is 0 Å². The largest absolute Gasteiger partial charge is 0.497 e. The summed E-state index contributed by atoms with van der Waals surface area (Å²) in [7, 11) is 1.60. The van der Waals surface area contributed by atoms with Crippen LogP contribution in [0.25, 0.3) is 0 Å². The van der Waals surface area contributed by atoms with Crippen molar-refractivity contribution in [1.82, 2.24) is 9.80 Å². The fourth-order valence-electron chi connectivity index (χ4n) is 2.35. The van der Waals surface area contributed by atoms with Gasteiger partial charge in [0.15, 0.2) is 0 Å². The molecule has 21 heavy (non-hydrogen) atoms. The second-order valence-electron chi connectivity index (χ2n) is 5.06. The molecule has 1 aromatic carbocycles. The molecule has 0 bridgehead atoms. The molecule has 2 amide bonds. The maximum absolute atomic E-state index is 12.0. The van der Waals surface area contributed by atoms with Crippen LogP contribution >= 0.6 is 0 Å². The van der Waals surface area contributed by atoms with Gasteiger partial charge in [-0.05, 0) is 24.6 Å². The Morgan fingerprint density at radius 2 is 1.71 bits per heavy atom. The van der Waals surface area contributed by atoms with Crippen LogP contribution in [-0.4, -0.2) is 54.9 Å². The van der Waals surface area contributed by atoms with E-state index in [9.17, 15) is 9.59 Å². The van der Waals surface area contributed by atoms with E-state index in [1.165, 1.54) is 4.90 Å². The number of ether oxygens (including phenoxy) is 1. The van der Waals surface area contributed by atoms with E-state index in [2.05, 4.69) is 0 Å². The highest BCUT2D eigenvalue weighted by Crippen LogP contribution is 2.18. The van der Waals surface area contributed by atoms with Crippen LogP contribution in [0.4, 0.5) is 0 Å². The summed E-state index contributed by atoms with van der Waals surface area (Å²) in [4.78, 5) is 27.0. The molecule has 0 saturated carbocycles. The number of rotatable bonds is 5. The summed E-state index contributed by atoms with van der Waals surface area (Å²) in [6.07, 6.45) is 0. The number of likely N-dealkylation sites (N-methyl/N-ethyl adjacent to an activating group) is 1. The van der Waals surface area contributed by atoms with Crippen molar-refractivity contribution in [3.63, 3.8) is 0 Å².